The molecular formula is C11H16BrNO3. The first kappa shape index (κ1) is 13.3. The number of benzene rings is 1. The summed E-state index contributed by atoms with van der Waals surface area (Å²) >= 11 is 3.34. The molecule has 1 aromatic carbocycles. The first-order chi connectivity index (χ1) is 7.54. The fraction of sp³-hybridized carbons (Fsp3) is 0.455. The van der Waals surface area contributed by atoms with E-state index in [1.807, 2.05) is 6.07 Å². The summed E-state index contributed by atoms with van der Waals surface area (Å²) in [4.78, 5) is 0. The molecule has 0 aliphatic heterocycles. The van der Waals surface area contributed by atoms with E-state index < -0.39 is 6.10 Å². The van der Waals surface area contributed by atoms with Crippen LogP contribution in [0.4, 0.5) is 0 Å². The van der Waals surface area contributed by atoms with Crippen LogP contribution in [-0.2, 0) is 6.54 Å². The van der Waals surface area contributed by atoms with Gasteiger partial charge in [-0.3, -0.25) is 0 Å². The second-order valence-corrected chi connectivity index (χ2v) is 4.51. The Labute approximate surface area is 103 Å². The largest absolute Gasteiger partial charge is 0.504 e. The van der Waals surface area contributed by atoms with Gasteiger partial charge in [0.15, 0.2) is 11.5 Å². The van der Waals surface area contributed by atoms with Crippen molar-refractivity contribution >= 4 is 15.9 Å². The van der Waals surface area contributed by atoms with Gasteiger partial charge < -0.3 is 20.3 Å². The fourth-order valence-corrected chi connectivity index (χ4v) is 1.82. The Morgan fingerprint density at radius 3 is 2.75 bits per heavy atom. The van der Waals surface area contributed by atoms with Crippen molar-refractivity contribution in [3.8, 4) is 11.5 Å². The lowest BCUT2D eigenvalue weighted by molar-refractivity contribution is 0.191. The molecule has 0 heterocycles. The van der Waals surface area contributed by atoms with Crippen LogP contribution in [0, 0.1) is 0 Å². The van der Waals surface area contributed by atoms with E-state index in [2.05, 4.69) is 21.2 Å². The Balaban J connectivity index is 2.75. The number of aromatic hydroxyl groups is 1. The van der Waals surface area contributed by atoms with E-state index in [0.717, 1.165) is 10.0 Å². The van der Waals surface area contributed by atoms with Crippen LogP contribution in [0.1, 0.15) is 12.5 Å². The van der Waals surface area contributed by atoms with Gasteiger partial charge in [0, 0.05) is 23.1 Å². The van der Waals surface area contributed by atoms with Gasteiger partial charge in [-0.15, -0.1) is 0 Å². The SMILES string of the molecule is COc1cc(Br)cc(CNCC(C)O)c1O. The molecule has 0 aromatic heterocycles. The zero-order valence-corrected chi connectivity index (χ0v) is 10.9. The third kappa shape index (κ3) is 3.66. The summed E-state index contributed by atoms with van der Waals surface area (Å²) in [6, 6.07) is 3.51. The molecule has 0 spiro atoms. The van der Waals surface area contributed by atoms with Crippen LogP contribution in [0.25, 0.3) is 0 Å². The van der Waals surface area contributed by atoms with Gasteiger partial charge in [0.2, 0.25) is 0 Å². The number of nitrogens with one attached hydrogen (secondary N) is 1. The van der Waals surface area contributed by atoms with Crippen molar-refractivity contribution in [1.29, 1.82) is 0 Å². The van der Waals surface area contributed by atoms with Crippen LogP contribution in [0.3, 0.4) is 0 Å². The molecule has 16 heavy (non-hydrogen) atoms. The number of halogens is 1. The molecule has 0 radical (unpaired) electrons. The molecule has 0 aliphatic carbocycles. The lowest BCUT2D eigenvalue weighted by Crippen LogP contribution is -2.23. The Morgan fingerprint density at radius 1 is 1.50 bits per heavy atom. The summed E-state index contributed by atoms with van der Waals surface area (Å²) in [7, 11) is 1.51. The molecule has 0 bridgehead atoms. The molecule has 1 unspecified atom stereocenters. The summed E-state index contributed by atoms with van der Waals surface area (Å²) in [6.45, 7) is 2.66. The average molecular weight is 290 g/mol. The smallest absolute Gasteiger partial charge is 0.162 e. The van der Waals surface area contributed by atoms with Crippen LogP contribution < -0.4 is 10.1 Å². The highest BCUT2D eigenvalue weighted by molar-refractivity contribution is 9.10. The first-order valence-electron chi connectivity index (χ1n) is 4.98. The molecule has 0 saturated heterocycles. The van der Waals surface area contributed by atoms with E-state index >= 15 is 0 Å². The van der Waals surface area contributed by atoms with E-state index in [9.17, 15) is 5.11 Å². The van der Waals surface area contributed by atoms with E-state index in [0.29, 0.717) is 18.8 Å². The number of ether oxygens (including phenoxy) is 1. The number of phenolic OH excluding ortho intramolecular Hbond substituents is 1. The normalized spacial score (nSPS) is 12.5. The van der Waals surface area contributed by atoms with Gasteiger partial charge in [0.05, 0.1) is 13.2 Å². The zero-order chi connectivity index (χ0) is 12.1. The van der Waals surface area contributed by atoms with E-state index in [1.54, 1.807) is 13.0 Å². The number of methoxy groups -OCH3 is 1. The fourth-order valence-electron chi connectivity index (χ4n) is 1.33. The van der Waals surface area contributed by atoms with Crippen molar-refractivity contribution in [2.45, 2.75) is 19.6 Å². The minimum Gasteiger partial charge on any atom is -0.504 e. The number of aliphatic hydroxyl groups is 1. The minimum atomic E-state index is -0.406. The number of phenols is 1. The maximum Gasteiger partial charge on any atom is 0.162 e. The molecule has 1 aromatic rings. The van der Waals surface area contributed by atoms with E-state index in [1.165, 1.54) is 7.11 Å². The van der Waals surface area contributed by atoms with Crippen molar-refractivity contribution in [3.63, 3.8) is 0 Å². The number of hydrogen-bond donors (Lipinski definition) is 3. The standard InChI is InChI=1S/C11H16BrNO3/c1-7(14)5-13-6-8-3-9(12)4-10(16-2)11(8)15/h3-4,7,13-15H,5-6H2,1-2H3. The predicted molar refractivity (Wildman–Crippen MR) is 65.7 cm³/mol. The lowest BCUT2D eigenvalue weighted by Gasteiger charge is -2.11. The van der Waals surface area contributed by atoms with Crippen molar-refractivity contribution < 1.29 is 14.9 Å². The molecule has 1 atom stereocenters. The molecule has 4 nitrogen and oxygen atoms in total. The summed E-state index contributed by atoms with van der Waals surface area (Å²) in [5, 5.41) is 22.0. The Morgan fingerprint density at radius 2 is 2.19 bits per heavy atom. The molecule has 0 saturated carbocycles. The maximum atomic E-state index is 9.83. The van der Waals surface area contributed by atoms with Gasteiger partial charge in [0.25, 0.3) is 0 Å². The third-order valence-electron chi connectivity index (χ3n) is 2.09. The Hall–Kier alpha value is -0.780. The quantitative estimate of drug-likeness (QED) is 0.771. The summed E-state index contributed by atoms with van der Waals surface area (Å²) in [5.74, 6) is 0.562. The molecule has 0 amide bonds. The molecule has 90 valence electrons. The Bertz CT molecular complexity index is 355. The van der Waals surface area contributed by atoms with Crippen molar-refractivity contribution in [3.05, 3.63) is 22.2 Å². The van der Waals surface area contributed by atoms with Gasteiger partial charge in [0.1, 0.15) is 0 Å². The van der Waals surface area contributed by atoms with Crippen molar-refractivity contribution in [2.75, 3.05) is 13.7 Å². The third-order valence-corrected chi connectivity index (χ3v) is 2.55. The molecule has 5 heteroatoms. The van der Waals surface area contributed by atoms with Gasteiger partial charge in [-0.1, -0.05) is 15.9 Å². The number of hydrogen-bond acceptors (Lipinski definition) is 4. The molecule has 3 N–H and O–H groups in total. The maximum absolute atomic E-state index is 9.83. The lowest BCUT2D eigenvalue weighted by atomic mass is 10.2. The van der Waals surface area contributed by atoms with Crippen molar-refractivity contribution in [1.82, 2.24) is 5.32 Å². The highest BCUT2D eigenvalue weighted by Crippen LogP contribution is 2.33. The monoisotopic (exact) mass is 289 g/mol. The van der Waals surface area contributed by atoms with E-state index in [4.69, 9.17) is 9.84 Å². The first-order valence-corrected chi connectivity index (χ1v) is 5.78. The highest BCUT2D eigenvalue weighted by Gasteiger charge is 2.09. The second-order valence-electron chi connectivity index (χ2n) is 3.60. The van der Waals surface area contributed by atoms with Gasteiger partial charge in [-0.2, -0.15) is 0 Å². The highest BCUT2D eigenvalue weighted by atomic mass is 79.9. The number of rotatable bonds is 5. The van der Waals surface area contributed by atoms with Gasteiger partial charge >= 0.3 is 0 Å². The number of aliphatic hydroxyl groups excluding tert-OH is 1. The predicted octanol–water partition coefficient (Wildman–Crippen LogP) is 1.63. The van der Waals surface area contributed by atoms with Crippen molar-refractivity contribution in [2.24, 2.45) is 0 Å². The average Bonchev–Trinajstić information content (AvgIpc) is 2.22. The second kappa shape index (κ2) is 6.08. The molecule has 0 fully saturated rings. The topological polar surface area (TPSA) is 61.7 Å². The summed E-state index contributed by atoms with van der Waals surface area (Å²) in [6.07, 6.45) is -0.406. The van der Waals surface area contributed by atoms with Crippen LogP contribution in [0.15, 0.2) is 16.6 Å². The van der Waals surface area contributed by atoms with Crippen LogP contribution in [-0.4, -0.2) is 30.0 Å². The van der Waals surface area contributed by atoms with E-state index in [-0.39, 0.29) is 5.75 Å². The zero-order valence-electron chi connectivity index (χ0n) is 9.33. The molecular weight excluding hydrogens is 274 g/mol. The van der Waals surface area contributed by atoms with Crippen LogP contribution in [0.5, 0.6) is 11.5 Å². The van der Waals surface area contributed by atoms with Gasteiger partial charge in [-0.05, 0) is 19.1 Å². The molecule has 0 aliphatic rings. The van der Waals surface area contributed by atoms with Crippen LogP contribution in [0.2, 0.25) is 0 Å². The minimum absolute atomic E-state index is 0.129. The Kier molecular flexibility index (Phi) is 5.05. The van der Waals surface area contributed by atoms with Crippen LogP contribution >= 0.6 is 15.9 Å². The summed E-state index contributed by atoms with van der Waals surface area (Å²) < 4.78 is 5.88. The molecule has 1 rings (SSSR count). The van der Waals surface area contributed by atoms with Gasteiger partial charge in [-0.25, -0.2) is 0 Å². The summed E-state index contributed by atoms with van der Waals surface area (Å²) in [5.41, 5.74) is 0.729.